The quantitative estimate of drug-likeness (QED) is 0.207. The standard InChI is InChI=1S/C4H3F6NO4S2.Li.H/c5-2(6,1(11)16(12)13)3(7,8)4(9,10)17(14)15;;/h11H,(H,12,13)(H,14,15);;/q;+1;-1/p-2. The van der Waals surface area contributed by atoms with Crippen molar-refractivity contribution >= 4 is 27.2 Å². The second-order valence-electron chi connectivity index (χ2n) is 2.46. The molecule has 18 heavy (non-hydrogen) atoms. The van der Waals surface area contributed by atoms with Gasteiger partial charge in [0.1, 0.15) is 0 Å². The van der Waals surface area contributed by atoms with E-state index in [0.717, 1.165) is 0 Å². The molecule has 0 radical (unpaired) electrons. The molecule has 0 aliphatic rings. The molecule has 0 aromatic heterocycles. The number of hydrogen-bond donors (Lipinski definition) is 1. The molecule has 0 heterocycles. The van der Waals surface area contributed by atoms with Crippen LogP contribution in [0.5, 0.6) is 0 Å². The van der Waals surface area contributed by atoms with E-state index < -0.39 is 44.3 Å². The molecule has 104 valence electrons. The zero-order valence-corrected chi connectivity index (χ0v) is 9.85. The summed E-state index contributed by atoms with van der Waals surface area (Å²) in [7, 11) is 0. The third-order valence-corrected chi connectivity index (χ3v) is 2.69. The van der Waals surface area contributed by atoms with Gasteiger partial charge in [0.15, 0.2) is 5.04 Å². The van der Waals surface area contributed by atoms with Gasteiger partial charge in [0.2, 0.25) is 0 Å². The van der Waals surface area contributed by atoms with E-state index >= 15 is 0 Å². The first-order valence-electron chi connectivity index (χ1n) is 3.21. The van der Waals surface area contributed by atoms with E-state index in [2.05, 4.69) is 0 Å². The van der Waals surface area contributed by atoms with Gasteiger partial charge in [0.25, 0.3) is 0 Å². The van der Waals surface area contributed by atoms with Gasteiger partial charge in [-0.05, 0) is 11.1 Å². The average molecular weight is 313 g/mol. The average Bonchev–Trinajstić information content (AvgIpc) is 2.15. The van der Waals surface area contributed by atoms with Crippen LogP contribution in [0.1, 0.15) is 1.43 Å². The molecule has 0 aliphatic heterocycles. The molecule has 0 aromatic carbocycles. The Kier molecular flexibility index (Phi) is 6.81. The second-order valence-corrected chi connectivity index (χ2v) is 4.32. The first kappa shape index (κ1) is 20.4. The molecule has 14 heteroatoms. The van der Waals surface area contributed by atoms with Gasteiger partial charge in [-0.2, -0.15) is 26.3 Å². The summed E-state index contributed by atoms with van der Waals surface area (Å²) >= 11 is -9.14. The molecule has 5 nitrogen and oxygen atoms in total. The zero-order valence-electron chi connectivity index (χ0n) is 9.22. The largest absolute Gasteiger partial charge is 1.00 e. The smallest absolute Gasteiger partial charge is 1.00 e. The van der Waals surface area contributed by atoms with Crippen LogP contribution < -0.4 is 18.9 Å². The predicted octanol–water partition coefficient (Wildman–Crippen LogP) is -2.30. The minimum Gasteiger partial charge on any atom is -1.00 e. The fraction of sp³-hybridized carbons (Fsp3) is 0.750. The van der Waals surface area contributed by atoms with E-state index in [4.69, 9.17) is 5.41 Å². The molecule has 0 aromatic rings. The summed E-state index contributed by atoms with van der Waals surface area (Å²) in [6, 6.07) is 0. The third-order valence-electron chi connectivity index (χ3n) is 1.42. The minimum absolute atomic E-state index is 0. The summed E-state index contributed by atoms with van der Waals surface area (Å²) < 4.78 is 114. The van der Waals surface area contributed by atoms with Crippen molar-refractivity contribution in [2.45, 2.75) is 17.1 Å². The molecule has 0 bridgehead atoms. The topological polar surface area (TPSA) is 104 Å². The predicted molar refractivity (Wildman–Crippen MR) is 41.5 cm³/mol. The van der Waals surface area contributed by atoms with Gasteiger partial charge in [-0.3, -0.25) is 13.8 Å². The van der Waals surface area contributed by atoms with Crippen LogP contribution in [0.3, 0.4) is 0 Å². The van der Waals surface area contributed by atoms with Gasteiger partial charge in [-0.1, -0.05) is 0 Å². The number of nitrogens with one attached hydrogen (secondary N) is 1. The Balaban J connectivity index is -0.00000128. The maximum atomic E-state index is 12.6. The van der Waals surface area contributed by atoms with Gasteiger partial charge in [0.05, 0.1) is 0 Å². The van der Waals surface area contributed by atoms with Crippen LogP contribution in [0.4, 0.5) is 26.3 Å². The van der Waals surface area contributed by atoms with Gasteiger partial charge >= 0.3 is 36.0 Å². The van der Waals surface area contributed by atoms with Crippen LogP contribution in [-0.2, 0) is 22.2 Å². The van der Waals surface area contributed by atoms with Crippen LogP contribution in [0.25, 0.3) is 0 Å². The fourth-order valence-electron chi connectivity index (χ4n) is 0.535. The molecule has 0 aliphatic carbocycles. The molecule has 0 saturated heterocycles. The van der Waals surface area contributed by atoms with Gasteiger partial charge in [0, 0.05) is 11.1 Å². The van der Waals surface area contributed by atoms with Crippen LogP contribution in [0.2, 0.25) is 0 Å². The van der Waals surface area contributed by atoms with Gasteiger partial charge < -0.3 is 10.5 Å². The van der Waals surface area contributed by atoms with E-state index in [1.54, 1.807) is 0 Å². The summed E-state index contributed by atoms with van der Waals surface area (Å²) in [5.41, 5.74) is 0. The maximum Gasteiger partial charge on any atom is 1.00 e. The van der Waals surface area contributed by atoms with Crippen molar-refractivity contribution in [3.05, 3.63) is 0 Å². The van der Waals surface area contributed by atoms with Crippen LogP contribution >= 0.6 is 0 Å². The monoisotopic (exact) mass is 313 g/mol. The molecule has 0 spiro atoms. The Morgan fingerprint density at radius 3 is 1.61 bits per heavy atom. The van der Waals surface area contributed by atoms with Crippen molar-refractivity contribution in [2.75, 3.05) is 0 Å². The molecule has 0 amide bonds. The molecular formula is C4H2F6LiNO4S2-2. The Labute approximate surface area is 114 Å². The summed E-state index contributed by atoms with van der Waals surface area (Å²) in [5.74, 6) is -12.7. The Morgan fingerprint density at radius 2 is 1.39 bits per heavy atom. The van der Waals surface area contributed by atoms with E-state index in [-0.39, 0.29) is 20.3 Å². The molecule has 2 atom stereocenters. The SMILES string of the molecule is N=C(S(=O)[O-])C(F)(F)C(F)(F)C(F)(F)S(=O)[O-].[H-].[Li+]. The second kappa shape index (κ2) is 6.01. The molecule has 0 rings (SSSR count). The van der Waals surface area contributed by atoms with Gasteiger partial charge in [-0.15, -0.1) is 0 Å². The molecule has 0 fully saturated rings. The Hall–Kier alpha value is 0.0674. The van der Waals surface area contributed by atoms with Crippen molar-refractivity contribution in [1.82, 2.24) is 0 Å². The first-order chi connectivity index (χ1) is 7.30. The molecular weight excluding hydrogens is 311 g/mol. The minimum atomic E-state index is -6.58. The number of alkyl halides is 6. The number of hydrogen-bond acceptors (Lipinski definition) is 5. The van der Waals surface area contributed by atoms with Crippen LogP contribution in [0.15, 0.2) is 0 Å². The van der Waals surface area contributed by atoms with E-state index in [1.807, 2.05) is 0 Å². The normalized spacial score (nSPS) is 16.7. The fourth-order valence-corrected chi connectivity index (χ4v) is 1.21. The summed E-state index contributed by atoms with van der Waals surface area (Å²) in [5, 5.41) is -3.24. The third kappa shape index (κ3) is 3.14. The Morgan fingerprint density at radius 1 is 1.06 bits per heavy atom. The van der Waals surface area contributed by atoms with Crippen molar-refractivity contribution in [3.8, 4) is 0 Å². The Bertz CT molecular complexity index is 395. The summed E-state index contributed by atoms with van der Waals surface area (Å²) in [6.07, 6.45) is 0. The van der Waals surface area contributed by atoms with Crippen molar-refractivity contribution < 1.29 is 64.2 Å². The van der Waals surface area contributed by atoms with Crippen molar-refractivity contribution in [2.24, 2.45) is 0 Å². The molecule has 2 unspecified atom stereocenters. The van der Waals surface area contributed by atoms with E-state index in [1.165, 1.54) is 0 Å². The number of rotatable bonds is 4. The number of halogens is 6. The summed E-state index contributed by atoms with van der Waals surface area (Å²) in [4.78, 5) is 0. The maximum absolute atomic E-state index is 12.6. The van der Waals surface area contributed by atoms with Crippen molar-refractivity contribution in [3.63, 3.8) is 0 Å². The summed E-state index contributed by atoms with van der Waals surface area (Å²) in [6.45, 7) is 0. The van der Waals surface area contributed by atoms with Crippen LogP contribution in [0, 0.1) is 5.41 Å². The van der Waals surface area contributed by atoms with Gasteiger partial charge in [-0.25, -0.2) is 0 Å². The zero-order chi connectivity index (χ0) is 14.2. The van der Waals surface area contributed by atoms with E-state index in [0.29, 0.717) is 0 Å². The van der Waals surface area contributed by atoms with Crippen LogP contribution in [-0.4, -0.2) is 39.7 Å². The molecule has 1 N–H and O–H groups in total. The first-order valence-corrected chi connectivity index (χ1v) is 5.36. The van der Waals surface area contributed by atoms with Crippen molar-refractivity contribution in [1.29, 1.82) is 5.41 Å². The molecule has 0 saturated carbocycles. The van der Waals surface area contributed by atoms with E-state index in [9.17, 15) is 43.9 Å².